The number of nitrogens with one attached hydrogen (secondary N) is 1. The normalized spacial score (nSPS) is 12.4. The number of amides is 1. The Bertz CT molecular complexity index is 1500. The van der Waals surface area contributed by atoms with Gasteiger partial charge in [-0.25, -0.2) is 18.0 Å². The van der Waals surface area contributed by atoms with Crippen LogP contribution in [-0.2, 0) is 21.0 Å². The summed E-state index contributed by atoms with van der Waals surface area (Å²) in [6, 6.07) is 16.5. The predicted molar refractivity (Wildman–Crippen MR) is 159 cm³/mol. The maximum absolute atomic E-state index is 13.3. The highest BCUT2D eigenvalue weighted by atomic mass is 35.5. The molecule has 0 unspecified atom stereocenters. The fourth-order valence-electron chi connectivity index (χ4n) is 4.06. The molecule has 1 amide bonds. The largest absolute Gasteiger partial charge is 0.478 e. The Kier molecular flexibility index (Phi) is 11.0. The van der Waals surface area contributed by atoms with Gasteiger partial charge in [0.2, 0.25) is 9.84 Å². The molecule has 0 radical (unpaired) electrons. The summed E-state index contributed by atoms with van der Waals surface area (Å²) in [5.74, 6) is -1.31. The number of halogens is 1. The molecule has 0 aromatic heterocycles. The highest BCUT2D eigenvalue weighted by Gasteiger charge is 2.25. The van der Waals surface area contributed by atoms with Gasteiger partial charge in [-0.2, -0.15) is 0 Å². The first kappa shape index (κ1) is 32.9. The number of benzene rings is 3. The Morgan fingerprint density at radius 3 is 2.29 bits per heavy atom. The molecule has 12 heteroatoms. The molecule has 1 atom stereocenters. The molecular formula is C30H35ClN2O8S. The molecule has 3 rings (SSSR count). The van der Waals surface area contributed by atoms with E-state index < -0.39 is 33.6 Å². The minimum Gasteiger partial charge on any atom is -0.478 e. The van der Waals surface area contributed by atoms with Crippen LogP contribution in [0.4, 0.5) is 10.5 Å². The van der Waals surface area contributed by atoms with E-state index in [0.717, 1.165) is 11.6 Å². The van der Waals surface area contributed by atoms with Crippen molar-refractivity contribution in [2.45, 2.75) is 48.7 Å². The molecule has 226 valence electrons. The number of carbonyl (C=O) groups is 2. The third-order valence-electron chi connectivity index (χ3n) is 6.14. The van der Waals surface area contributed by atoms with Gasteiger partial charge < -0.3 is 30.3 Å². The van der Waals surface area contributed by atoms with Crippen LogP contribution in [0.1, 0.15) is 48.4 Å². The second-order valence-electron chi connectivity index (χ2n) is 10.6. The van der Waals surface area contributed by atoms with Gasteiger partial charge >= 0.3 is 12.1 Å². The lowest BCUT2D eigenvalue weighted by molar-refractivity contribution is 0.0147. The third-order valence-corrected chi connectivity index (χ3v) is 8.14. The second kappa shape index (κ2) is 14.0. The van der Waals surface area contributed by atoms with Gasteiger partial charge in [0.05, 0.1) is 34.6 Å². The van der Waals surface area contributed by atoms with Crippen LogP contribution in [0.2, 0.25) is 5.02 Å². The quantitative estimate of drug-likeness (QED) is 0.224. The number of nitrogens with zero attached hydrogens (tertiary/aromatic N) is 1. The van der Waals surface area contributed by atoms with Gasteiger partial charge in [-0.05, 0) is 80.8 Å². The lowest BCUT2D eigenvalue weighted by Crippen LogP contribution is -2.40. The van der Waals surface area contributed by atoms with Crippen molar-refractivity contribution in [3.8, 4) is 0 Å². The summed E-state index contributed by atoms with van der Waals surface area (Å²) >= 11 is 6.05. The summed E-state index contributed by atoms with van der Waals surface area (Å²) in [6.07, 6.45) is -1.27. The van der Waals surface area contributed by atoms with Crippen molar-refractivity contribution >= 4 is 39.2 Å². The van der Waals surface area contributed by atoms with E-state index >= 15 is 0 Å². The molecule has 0 heterocycles. The number of carboxylic acid groups (broad SMARTS) is 1. The number of aliphatic hydroxyl groups is 2. The maximum Gasteiger partial charge on any atom is 0.410 e. The zero-order chi connectivity index (χ0) is 31.1. The Labute approximate surface area is 250 Å². The van der Waals surface area contributed by atoms with Gasteiger partial charge in [-0.1, -0.05) is 35.9 Å². The zero-order valence-corrected chi connectivity index (χ0v) is 25.2. The van der Waals surface area contributed by atoms with Crippen LogP contribution in [0.15, 0.2) is 76.5 Å². The van der Waals surface area contributed by atoms with E-state index in [4.69, 9.17) is 21.4 Å². The van der Waals surface area contributed by atoms with Gasteiger partial charge in [0.25, 0.3) is 0 Å². The van der Waals surface area contributed by atoms with E-state index in [9.17, 15) is 28.2 Å². The third kappa shape index (κ3) is 8.93. The fraction of sp³-hybridized carbons (Fsp3) is 0.333. The number of aromatic carboxylic acids is 1. The SMILES string of the molecule is CC(C)(C)OC(=O)N(CCc1ccc(S(=O)(=O)c2ccc(NCCO)c(C(=O)O)c2)cc1)C[C@H](O)c1cccc(Cl)c1. The number of ether oxygens (including phenoxy) is 1. The zero-order valence-electron chi connectivity index (χ0n) is 23.6. The van der Waals surface area contributed by atoms with Crippen molar-refractivity contribution in [1.29, 1.82) is 0 Å². The summed E-state index contributed by atoms with van der Waals surface area (Å²) < 4.78 is 32.0. The molecule has 0 aliphatic heterocycles. The van der Waals surface area contributed by atoms with Crippen molar-refractivity contribution in [3.05, 3.63) is 88.4 Å². The fourth-order valence-corrected chi connectivity index (χ4v) is 5.54. The minimum absolute atomic E-state index is 0.0287. The van der Waals surface area contributed by atoms with Crippen LogP contribution >= 0.6 is 11.6 Å². The lowest BCUT2D eigenvalue weighted by Gasteiger charge is -2.29. The molecular weight excluding hydrogens is 584 g/mol. The summed E-state index contributed by atoms with van der Waals surface area (Å²) in [5, 5.41) is 32.5. The summed E-state index contributed by atoms with van der Waals surface area (Å²) in [7, 11) is -4.03. The molecule has 3 aromatic rings. The predicted octanol–water partition coefficient (Wildman–Crippen LogP) is 4.79. The highest BCUT2D eigenvalue weighted by Crippen LogP contribution is 2.26. The van der Waals surface area contributed by atoms with Gasteiger partial charge in [-0.3, -0.25) is 0 Å². The number of carboxylic acids is 1. The first-order valence-electron chi connectivity index (χ1n) is 13.2. The second-order valence-corrected chi connectivity index (χ2v) is 12.9. The molecule has 10 nitrogen and oxygen atoms in total. The smallest absolute Gasteiger partial charge is 0.410 e. The van der Waals surface area contributed by atoms with Crippen molar-refractivity contribution in [1.82, 2.24) is 4.90 Å². The number of aliphatic hydroxyl groups excluding tert-OH is 2. The first-order chi connectivity index (χ1) is 19.7. The number of hydrogen-bond donors (Lipinski definition) is 4. The Balaban J connectivity index is 1.77. The Hall–Kier alpha value is -3.64. The summed E-state index contributed by atoms with van der Waals surface area (Å²) in [4.78, 5) is 25.8. The topological polar surface area (TPSA) is 153 Å². The van der Waals surface area contributed by atoms with Crippen LogP contribution in [0.3, 0.4) is 0 Å². The first-order valence-corrected chi connectivity index (χ1v) is 15.0. The van der Waals surface area contributed by atoms with Crippen LogP contribution in [0, 0.1) is 0 Å². The molecule has 0 fully saturated rings. The molecule has 42 heavy (non-hydrogen) atoms. The number of hydrogen-bond acceptors (Lipinski definition) is 8. The summed E-state index contributed by atoms with van der Waals surface area (Å²) in [6.45, 7) is 5.26. The van der Waals surface area contributed by atoms with E-state index in [1.54, 1.807) is 57.2 Å². The van der Waals surface area contributed by atoms with E-state index in [2.05, 4.69) is 5.32 Å². The molecule has 0 aliphatic rings. The summed E-state index contributed by atoms with van der Waals surface area (Å²) in [5.41, 5.74) is 0.493. The molecule has 3 aromatic carbocycles. The van der Waals surface area contributed by atoms with E-state index in [-0.39, 0.29) is 47.3 Å². The van der Waals surface area contributed by atoms with Crippen molar-refractivity contribution in [2.75, 3.05) is 31.6 Å². The maximum atomic E-state index is 13.3. The Morgan fingerprint density at radius 1 is 1.02 bits per heavy atom. The van der Waals surface area contributed by atoms with Crippen molar-refractivity contribution in [3.63, 3.8) is 0 Å². The molecule has 0 spiro atoms. The van der Waals surface area contributed by atoms with Gasteiger partial charge in [-0.15, -0.1) is 0 Å². The Morgan fingerprint density at radius 2 is 1.69 bits per heavy atom. The van der Waals surface area contributed by atoms with Gasteiger partial charge in [0.1, 0.15) is 5.60 Å². The van der Waals surface area contributed by atoms with E-state index in [1.807, 2.05) is 0 Å². The van der Waals surface area contributed by atoms with Crippen LogP contribution < -0.4 is 5.32 Å². The van der Waals surface area contributed by atoms with Crippen LogP contribution in [-0.4, -0.2) is 72.5 Å². The minimum atomic E-state index is -4.03. The van der Waals surface area contributed by atoms with E-state index in [0.29, 0.717) is 17.0 Å². The number of sulfone groups is 1. The van der Waals surface area contributed by atoms with Crippen molar-refractivity contribution in [2.24, 2.45) is 0 Å². The average Bonchev–Trinajstić information content (AvgIpc) is 2.93. The standard InChI is InChI=1S/C30H35ClN2O8S/c1-30(2,3)41-29(38)33(19-27(35)21-5-4-6-22(31)17-21)15-13-20-7-9-23(10-8-20)42(39,40)24-11-12-26(32-14-16-34)25(18-24)28(36)37/h4-12,17-18,27,32,34-35H,13-16,19H2,1-3H3,(H,36,37)/t27-/m0/s1. The molecule has 0 aliphatic carbocycles. The molecule has 0 saturated heterocycles. The highest BCUT2D eigenvalue weighted by molar-refractivity contribution is 7.91. The van der Waals surface area contributed by atoms with Crippen LogP contribution in [0.5, 0.6) is 0 Å². The average molecular weight is 619 g/mol. The van der Waals surface area contributed by atoms with Crippen molar-refractivity contribution < 1.29 is 38.1 Å². The number of carbonyl (C=O) groups excluding carboxylic acids is 1. The molecule has 0 bridgehead atoms. The van der Waals surface area contributed by atoms with Gasteiger partial charge in [0.15, 0.2) is 0 Å². The van der Waals surface area contributed by atoms with Gasteiger partial charge in [0, 0.05) is 23.8 Å². The van der Waals surface area contributed by atoms with Crippen LogP contribution in [0.25, 0.3) is 0 Å². The monoisotopic (exact) mass is 618 g/mol. The number of rotatable bonds is 12. The van der Waals surface area contributed by atoms with E-state index in [1.165, 1.54) is 29.2 Å². The lowest BCUT2D eigenvalue weighted by atomic mass is 10.1. The number of anilines is 1. The molecule has 4 N–H and O–H groups in total. The molecule has 0 saturated carbocycles.